The molecule has 1 saturated heterocycles. The molecular weight excluding hydrogens is 347 g/mol. The second kappa shape index (κ2) is 5.82. The minimum Gasteiger partial charge on any atom is -0.461 e. The molecule has 3 rings (SSSR count). The molecule has 23 heavy (non-hydrogen) atoms. The van der Waals surface area contributed by atoms with Crippen molar-refractivity contribution in [3.63, 3.8) is 0 Å². The number of carbonyl (C=O) groups is 3. The molecule has 1 fully saturated rings. The molecule has 2 amide bonds. The summed E-state index contributed by atoms with van der Waals surface area (Å²) in [4.78, 5) is 42.7. The van der Waals surface area contributed by atoms with E-state index in [0.717, 1.165) is 4.90 Å². The number of halogens is 2. The zero-order chi connectivity index (χ0) is 16.7. The Hall–Kier alpha value is -2.12. The van der Waals surface area contributed by atoms with Crippen LogP contribution in [0.1, 0.15) is 6.92 Å². The van der Waals surface area contributed by atoms with Crippen molar-refractivity contribution < 1.29 is 24.0 Å². The summed E-state index contributed by atoms with van der Waals surface area (Å²) in [5.74, 6) is -3.21. The Labute approximate surface area is 140 Å². The molecule has 2 aliphatic heterocycles. The third-order valence-electron chi connectivity index (χ3n) is 3.45. The lowest BCUT2D eigenvalue weighted by atomic mass is 10.00. The van der Waals surface area contributed by atoms with Crippen LogP contribution in [0.25, 0.3) is 0 Å². The van der Waals surface area contributed by atoms with Crippen molar-refractivity contribution in [3.8, 4) is 0 Å². The molecule has 0 aromatic heterocycles. The largest absolute Gasteiger partial charge is 0.461 e. The molecule has 0 bridgehead atoms. The van der Waals surface area contributed by atoms with Gasteiger partial charge in [0.15, 0.2) is 5.71 Å². The number of fused-ring (bicyclic) bond motifs is 1. The van der Waals surface area contributed by atoms with E-state index in [0.29, 0.717) is 5.02 Å². The number of anilines is 1. The van der Waals surface area contributed by atoms with Gasteiger partial charge in [-0.25, -0.2) is 9.69 Å². The molecule has 0 radical (unpaired) electrons. The van der Waals surface area contributed by atoms with Crippen LogP contribution >= 0.6 is 23.2 Å². The second-order valence-corrected chi connectivity index (χ2v) is 5.65. The van der Waals surface area contributed by atoms with E-state index < -0.39 is 29.8 Å². The molecule has 2 atom stereocenters. The Morgan fingerprint density at radius 3 is 2.74 bits per heavy atom. The smallest absolute Gasteiger partial charge is 0.357 e. The molecule has 9 heteroatoms. The van der Waals surface area contributed by atoms with E-state index in [1.165, 1.54) is 18.2 Å². The van der Waals surface area contributed by atoms with Crippen LogP contribution in [-0.4, -0.2) is 36.2 Å². The Bertz CT molecular complexity index is 749. The normalized spacial score (nSPS) is 22.7. The lowest BCUT2D eigenvalue weighted by molar-refractivity contribution is -0.136. The minimum atomic E-state index is -1.19. The van der Waals surface area contributed by atoms with Crippen LogP contribution in [0, 0.1) is 5.92 Å². The standard InChI is InChI=1S/C14H10Cl2N2O5/c1-2-22-14(21)10-9-11(23-17-10)13(20)18(12(9)19)8-4-3-6(15)5-7(8)16/h3-5,9,11H,2H2,1H3/t9-,11-/m1/s1. The highest BCUT2D eigenvalue weighted by Gasteiger charge is 2.58. The van der Waals surface area contributed by atoms with Crippen molar-refractivity contribution >= 4 is 52.4 Å². The van der Waals surface area contributed by atoms with Crippen molar-refractivity contribution in [1.29, 1.82) is 0 Å². The first-order chi connectivity index (χ1) is 11.0. The highest BCUT2D eigenvalue weighted by atomic mass is 35.5. The van der Waals surface area contributed by atoms with Crippen LogP contribution in [0.3, 0.4) is 0 Å². The maximum Gasteiger partial charge on any atom is 0.357 e. The van der Waals surface area contributed by atoms with Crippen molar-refractivity contribution in [2.24, 2.45) is 11.1 Å². The van der Waals surface area contributed by atoms with E-state index in [1.807, 2.05) is 0 Å². The number of nitrogens with zero attached hydrogens (tertiary/aromatic N) is 2. The summed E-state index contributed by atoms with van der Waals surface area (Å²) in [5.41, 5.74) is -0.0462. The number of ether oxygens (including phenoxy) is 1. The fraction of sp³-hybridized carbons (Fsp3) is 0.286. The number of benzene rings is 1. The molecule has 0 aliphatic carbocycles. The van der Waals surface area contributed by atoms with Gasteiger partial charge < -0.3 is 9.57 Å². The molecule has 0 unspecified atom stereocenters. The average Bonchev–Trinajstić information content (AvgIpc) is 3.02. The van der Waals surface area contributed by atoms with Gasteiger partial charge in [-0.1, -0.05) is 28.4 Å². The van der Waals surface area contributed by atoms with E-state index in [-0.39, 0.29) is 23.0 Å². The summed E-state index contributed by atoms with van der Waals surface area (Å²) in [5, 5.41) is 4.02. The second-order valence-electron chi connectivity index (χ2n) is 4.81. The number of oxime groups is 1. The molecule has 0 saturated carbocycles. The monoisotopic (exact) mass is 356 g/mol. The van der Waals surface area contributed by atoms with E-state index in [9.17, 15) is 14.4 Å². The maximum absolute atomic E-state index is 12.6. The predicted molar refractivity (Wildman–Crippen MR) is 81.4 cm³/mol. The van der Waals surface area contributed by atoms with Crippen LogP contribution in [0.4, 0.5) is 5.69 Å². The molecule has 120 valence electrons. The van der Waals surface area contributed by atoms with E-state index in [2.05, 4.69) is 5.16 Å². The van der Waals surface area contributed by atoms with Gasteiger partial charge in [0.25, 0.3) is 5.91 Å². The van der Waals surface area contributed by atoms with Gasteiger partial charge >= 0.3 is 5.97 Å². The van der Waals surface area contributed by atoms with Gasteiger partial charge in [0.1, 0.15) is 5.92 Å². The lowest BCUT2D eigenvalue weighted by Crippen LogP contribution is -2.35. The van der Waals surface area contributed by atoms with Crippen molar-refractivity contribution in [2.45, 2.75) is 13.0 Å². The number of amides is 2. The third kappa shape index (κ3) is 2.46. The SMILES string of the molecule is CCOC(=O)C1=NO[C@H]2C(=O)N(c3ccc(Cl)cc3Cl)C(=O)[C@H]12. The lowest BCUT2D eigenvalue weighted by Gasteiger charge is -2.16. The average molecular weight is 357 g/mol. The number of hydrogen-bond donors (Lipinski definition) is 0. The van der Waals surface area contributed by atoms with E-state index in [4.69, 9.17) is 32.8 Å². The van der Waals surface area contributed by atoms with E-state index in [1.54, 1.807) is 6.92 Å². The summed E-state index contributed by atoms with van der Waals surface area (Å²) < 4.78 is 4.82. The zero-order valence-corrected chi connectivity index (χ0v) is 13.3. The van der Waals surface area contributed by atoms with Gasteiger partial charge in [-0.3, -0.25) is 9.59 Å². The fourth-order valence-electron chi connectivity index (χ4n) is 2.45. The first kappa shape index (κ1) is 15.8. The number of imide groups is 1. The molecule has 2 aliphatic rings. The summed E-state index contributed by atoms with van der Waals surface area (Å²) in [6.45, 7) is 1.73. The van der Waals surface area contributed by atoms with Crippen molar-refractivity contribution in [1.82, 2.24) is 0 Å². The summed E-state index contributed by atoms with van der Waals surface area (Å²) in [6, 6.07) is 4.36. The molecule has 0 N–H and O–H groups in total. The Kier molecular flexibility index (Phi) is 3.99. The van der Waals surface area contributed by atoms with Gasteiger partial charge in [-0.05, 0) is 25.1 Å². The fourth-order valence-corrected chi connectivity index (χ4v) is 2.95. The van der Waals surface area contributed by atoms with Crippen LogP contribution in [0.2, 0.25) is 10.0 Å². The summed E-state index contributed by atoms with van der Waals surface area (Å²) in [6.07, 6.45) is -1.19. The van der Waals surface area contributed by atoms with Crippen molar-refractivity contribution in [2.75, 3.05) is 11.5 Å². The topological polar surface area (TPSA) is 85.3 Å². The summed E-state index contributed by atoms with van der Waals surface area (Å²) in [7, 11) is 0. The molecule has 1 aromatic carbocycles. The van der Waals surface area contributed by atoms with Crippen LogP contribution in [-0.2, 0) is 24.0 Å². The van der Waals surface area contributed by atoms with Crippen LogP contribution in [0.15, 0.2) is 23.4 Å². The highest BCUT2D eigenvalue weighted by Crippen LogP contribution is 2.37. The first-order valence-corrected chi connectivity index (χ1v) is 7.45. The Balaban J connectivity index is 1.95. The molecule has 2 heterocycles. The number of hydrogen-bond acceptors (Lipinski definition) is 6. The maximum atomic E-state index is 12.6. The Morgan fingerprint density at radius 2 is 2.09 bits per heavy atom. The van der Waals surface area contributed by atoms with Crippen LogP contribution < -0.4 is 4.90 Å². The van der Waals surface area contributed by atoms with Crippen molar-refractivity contribution in [3.05, 3.63) is 28.2 Å². The zero-order valence-electron chi connectivity index (χ0n) is 11.8. The summed E-state index contributed by atoms with van der Waals surface area (Å²) >= 11 is 11.9. The van der Waals surface area contributed by atoms with Gasteiger partial charge in [0.05, 0.1) is 17.3 Å². The van der Waals surface area contributed by atoms with Gasteiger partial charge in [-0.15, -0.1) is 0 Å². The minimum absolute atomic E-state index is 0.115. The van der Waals surface area contributed by atoms with E-state index >= 15 is 0 Å². The first-order valence-electron chi connectivity index (χ1n) is 6.69. The molecule has 1 aromatic rings. The quantitative estimate of drug-likeness (QED) is 0.608. The molecule has 7 nitrogen and oxygen atoms in total. The molecular formula is C14H10Cl2N2O5. The number of esters is 1. The highest BCUT2D eigenvalue weighted by molar-refractivity contribution is 6.47. The van der Waals surface area contributed by atoms with Gasteiger partial charge in [0, 0.05) is 5.02 Å². The third-order valence-corrected chi connectivity index (χ3v) is 3.99. The number of carbonyl (C=O) groups excluding carboxylic acids is 3. The Morgan fingerprint density at radius 1 is 1.35 bits per heavy atom. The number of rotatable bonds is 3. The predicted octanol–water partition coefficient (Wildman–Crippen LogP) is 1.80. The van der Waals surface area contributed by atoms with Crippen LogP contribution in [0.5, 0.6) is 0 Å². The van der Waals surface area contributed by atoms with Gasteiger partial charge in [-0.2, -0.15) is 0 Å². The van der Waals surface area contributed by atoms with Gasteiger partial charge in [0.2, 0.25) is 12.0 Å². The molecule has 0 spiro atoms.